The van der Waals surface area contributed by atoms with Gasteiger partial charge in [-0.25, -0.2) is 0 Å². The molecule has 6 heteroatoms. The normalized spacial score (nSPS) is 10.8. The van der Waals surface area contributed by atoms with E-state index in [9.17, 15) is 4.79 Å². The lowest BCUT2D eigenvalue weighted by Gasteiger charge is -2.08. The number of carbonyl (C=O) groups is 1. The fourth-order valence-electron chi connectivity index (χ4n) is 1.57. The molecule has 114 valence electrons. The van der Waals surface area contributed by atoms with E-state index in [1.54, 1.807) is 0 Å². The number of hydrogen-bond acceptors (Lipinski definition) is 5. The zero-order valence-corrected chi connectivity index (χ0v) is 12.1. The largest absolute Gasteiger partial charge is 0.481 e. The Morgan fingerprint density at radius 1 is 0.789 bits per heavy atom. The van der Waals surface area contributed by atoms with Gasteiger partial charge in [0.1, 0.15) is 0 Å². The lowest BCUT2D eigenvalue weighted by Crippen LogP contribution is -2.35. The third-order valence-corrected chi connectivity index (χ3v) is 2.61. The molecule has 0 aromatic carbocycles. The summed E-state index contributed by atoms with van der Waals surface area (Å²) in [6, 6.07) is 0. The molecule has 0 aromatic rings. The van der Waals surface area contributed by atoms with Gasteiger partial charge in [0.2, 0.25) is 0 Å². The van der Waals surface area contributed by atoms with Gasteiger partial charge in [0, 0.05) is 45.7 Å². The molecule has 0 unspecified atom stereocenters. The number of carboxylic acids is 1. The van der Waals surface area contributed by atoms with Crippen molar-refractivity contribution in [1.82, 2.24) is 21.3 Å². The first-order valence-corrected chi connectivity index (χ1v) is 7.32. The van der Waals surface area contributed by atoms with Crippen LogP contribution in [0.4, 0.5) is 0 Å². The Labute approximate surface area is 116 Å². The zero-order valence-electron chi connectivity index (χ0n) is 12.1. The Hall–Kier alpha value is -0.690. The highest BCUT2D eigenvalue weighted by Gasteiger charge is 1.95. The van der Waals surface area contributed by atoms with E-state index in [4.69, 9.17) is 5.11 Å². The molecule has 0 rings (SSSR count). The molecule has 0 aliphatic heterocycles. The van der Waals surface area contributed by atoms with E-state index in [1.807, 2.05) is 0 Å². The molecular formula is C13H30N4O2. The van der Waals surface area contributed by atoms with E-state index in [0.717, 1.165) is 52.4 Å². The maximum absolute atomic E-state index is 10.3. The van der Waals surface area contributed by atoms with Gasteiger partial charge in [0.15, 0.2) is 0 Å². The smallest absolute Gasteiger partial charge is 0.303 e. The van der Waals surface area contributed by atoms with Crippen LogP contribution in [0.2, 0.25) is 0 Å². The van der Waals surface area contributed by atoms with Gasteiger partial charge in [-0.2, -0.15) is 0 Å². The molecule has 0 fully saturated rings. The predicted octanol–water partition coefficient (Wildman–Crippen LogP) is -0.380. The second kappa shape index (κ2) is 15.4. The summed E-state index contributed by atoms with van der Waals surface area (Å²) in [5.74, 6) is -0.723. The average molecular weight is 274 g/mol. The standard InChI is InChI=1S/C13H30N4O2/c1-2-5-14-7-9-16-11-12-17-10-8-15-6-3-4-13(18)19/h14-17H,2-12H2,1H3,(H,18,19). The number of carboxylic acid groups (broad SMARTS) is 1. The van der Waals surface area contributed by atoms with Crippen LogP contribution in [0, 0.1) is 0 Å². The molecule has 0 saturated heterocycles. The lowest BCUT2D eigenvalue weighted by atomic mass is 10.3. The highest BCUT2D eigenvalue weighted by molar-refractivity contribution is 5.66. The van der Waals surface area contributed by atoms with Crippen molar-refractivity contribution in [2.75, 3.05) is 52.4 Å². The predicted molar refractivity (Wildman–Crippen MR) is 78.6 cm³/mol. The lowest BCUT2D eigenvalue weighted by molar-refractivity contribution is -0.137. The van der Waals surface area contributed by atoms with Crippen LogP contribution in [-0.4, -0.2) is 63.4 Å². The SMILES string of the molecule is CCCNCCNCCNCCNCCCC(=O)O. The quantitative estimate of drug-likeness (QED) is 0.262. The second-order valence-electron chi connectivity index (χ2n) is 4.50. The van der Waals surface area contributed by atoms with Gasteiger partial charge in [-0.3, -0.25) is 4.79 Å². The van der Waals surface area contributed by atoms with Crippen LogP contribution in [0.1, 0.15) is 26.2 Å². The molecule has 0 heterocycles. The molecule has 0 amide bonds. The molecule has 19 heavy (non-hydrogen) atoms. The minimum Gasteiger partial charge on any atom is -0.481 e. The van der Waals surface area contributed by atoms with Gasteiger partial charge in [0.25, 0.3) is 0 Å². The molecular weight excluding hydrogens is 244 g/mol. The average Bonchev–Trinajstić information content (AvgIpc) is 2.39. The zero-order chi connectivity index (χ0) is 14.2. The van der Waals surface area contributed by atoms with Gasteiger partial charge >= 0.3 is 5.97 Å². The first kappa shape index (κ1) is 18.3. The highest BCUT2D eigenvalue weighted by Crippen LogP contribution is 1.84. The molecule has 5 N–H and O–H groups in total. The molecule has 0 bridgehead atoms. The minimum absolute atomic E-state index is 0.246. The van der Waals surface area contributed by atoms with Gasteiger partial charge in [-0.1, -0.05) is 6.92 Å². The van der Waals surface area contributed by atoms with E-state index in [2.05, 4.69) is 28.2 Å². The van der Waals surface area contributed by atoms with E-state index in [0.29, 0.717) is 6.42 Å². The summed E-state index contributed by atoms with van der Waals surface area (Å²) >= 11 is 0. The van der Waals surface area contributed by atoms with Crippen molar-refractivity contribution in [3.05, 3.63) is 0 Å². The Bertz CT molecular complexity index is 203. The number of nitrogens with one attached hydrogen (secondary N) is 4. The Morgan fingerprint density at radius 3 is 1.63 bits per heavy atom. The van der Waals surface area contributed by atoms with Crippen LogP contribution >= 0.6 is 0 Å². The van der Waals surface area contributed by atoms with Crippen molar-refractivity contribution < 1.29 is 9.90 Å². The fraction of sp³-hybridized carbons (Fsp3) is 0.923. The summed E-state index contributed by atoms with van der Waals surface area (Å²) in [4.78, 5) is 10.3. The molecule has 0 saturated carbocycles. The molecule has 0 aliphatic carbocycles. The Kier molecular flexibility index (Phi) is 14.8. The van der Waals surface area contributed by atoms with Crippen molar-refractivity contribution in [2.45, 2.75) is 26.2 Å². The molecule has 0 atom stereocenters. The molecule has 0 aromatic heterocycles. The van der Waals surface area contributed by atoms with Crippen LogP contribution < -0.4 is 21.3 Å². The van der Waals surface area contributed by atoms with Crippen LogP contribution in [-0.2, 0) is 4.79 Å². The summed E-state index contributed by atoms with van der Waals surface area (Å²) in [5.41, 5.74) is 0. The topological polar surface area (TPSA) is 85.4 Å². The Balaban J connectivity index is 2.93. The number of aliphatic carboxylic acids is 1. The third-order valence-electron chi connectivity index (χ3n) is 2.61. The van der Waals surface area contributed by atoms with Gasteiger partial charge in [-0.15, -0.1) is 0 Å². The van der Waals surface area contributed by atoms with Crippen molar-refractivity contribution in [3.63, 3.8) is 0 Å². The third kappa shape index (κ3) is 17.3. The summed E-state index contributed by atoms with van der Waals surface area (Å²) in [5, 5.41) is 21.7. The second-order valence-corrected chi connectivity index (χ2v) is 4.50. The van der Waals surface area contributed by atoms with Crippen molar-refractivity contribution in [3.8, 4) is 0 Å². The van der Waals surface area contributed by atoms with Crippen LogP contribution in [0.15, 0.2) is 0 Å². The van der Waals surface area contributed by atoms with Gasteiger partial charge in [0.05, 0.1) is 0 Å². The first-order valence-electron chi connectivity index (χ1n) is 7.32. The summed E-state index contributed by atoms with van der Waals surface area (Å²) in [6.45, 7) is 9.81. The summed E-state index contributed by atoms with van der Waals surface area (Å²) in [6.07, 6.45) is 2.12. The maximum Gasteiger partial charge on any atom is 0.303 e. The van der Waals surface area contributed by atoms with Crippen LogP contribution in [0.25, 0.3) is 0 Å². The van der Waals surface area contributed by atoms with Gasteiger partial charge in [-0.05, 0) is 25.9 Å². The van der Waals surface area contributed by atoms with E-state index < -0.39 is 5.97 Å². The van der Waals surface area contributed by atoms with E-state index >= 15 is 0 Å². The monoisotopic (exact) mass is 274 g/mol. The number of rotatable bonds is 15. The van der Waals surface area contributed by atoms with Crippen LogP contribution in [0.5, 0.6) is 0 Å². The fourth-order valence-corrected chi connectivity index (χ4v) is 1.57. The van der Waals surface area contributed by atoms with Gasteiger partial charge < -0.3 is 26.4 Å². The van der Waals surface area contributed by atoms with Crippen LogP contribution in [0.3, 0.4) is 0 Å². The number of hydrogen-bond donors (Lipinski definition) is 5. The minimum atomic E-state index is -0.723. The molecule has 0 spiro atoms. The van der Waals surface area contributed by atoms with Crippen molar-refractivity contribution in [2.24, 2.45) is 0 Å². The molecule has 6 nitrogen and oxygen atoms in total. The molecule has 0 aliphatic rings. The maximum atomic E-state index is 10.3. The van der Waals surface area contributed by atoms with E-state index in [-0.39, 0.29) is 6.42 Å². The Morgan fingerprint density at radius 2 is 1.21 bits per heavy atom. The highest BCUT2D eigenvalue weighted by atomic mass is 16.4. The first-order chi connectivity index (χ1) is 9.27. The van der Waals surface area contributed by atoms with E-state index in [1.165, 1.54) is 6.42 Å². The summed E-state index contributed by atoms with van der Waals surface area (Å²) < 4.78 is 0. The van der Waals surface area contributed by atoms with Crippen molar-refractivity contribution >= 4 is 5.97 Å². The van der Waals surface area contributed by atoms with Crippen molar-refractivity contribution in [1.29, 1.82) is 0 Å². The molecule has 0 radical (unpaired) electrons. The summed E-state index contributed by atoms with van der Waals surface area (Å²) in [7, 11) is 0.